The van der Waals surface area contributed by atoms with Gasteiger partial charge in [-0.05, 0) is 28.6 Å². The van der Waals surface area contributed by atoms with Gasteiger partial charge < -0.3 is 4.72 Å². The molecule has 1 aliphatic heterocycles. The van der Waals surface area contributed by atoms with E-state index in [1.807, 2.05) is 11.5 Å². The maximum absolute atomic E-state index is 3.80. The SMILES string of the molecule is C1=Cc2nnncc2NS1. The number of hydrogen-bond acceptors (Lipinski definition) is 5. The predicted octanol–water partition coefficient (Wildman–Crippen LogP) is 0.916. The molecule has 0 saturated heterocycles. The van der Waals surface area contributed by atoms with Crippen molar-refractivity contribution in [1.82, 2.24) is 15.4 Å². The zero-order valence-electron chi connectivity index (χ0n) is 4.98. The Kier molecular flexibility index (Phi) is 1.28. The molecule has 0 radical (unpaired) electrons. The van der Waals surface area contributed by atoms with Crippen molar-refractivity contribution in [1.29, 1.82) is 0 Å². The summed E-state index contributed by atoms with van der Waals surface area (Å²) < 4.78 is 3.03. The van der Waals surface area contributed by atoms with Gasteiger partial charge in [0.1, 0.15) is 5.69 Å². The fourth-order valence-corrected chi connectivity index (χ4v) is 1.22. The van der Waals surface area contributed by atoms with E-state index in [1.165, 1.54) is 11.9 Å². The lowest BCUT2D eigenvalue weighted by atomic mass is 10.3. The van der Waals surface area contributed by atoms with Crippen molar-refractivity contribution in [2.75, 3.05) is 4.72 Å². The van der Waals surface area contributed by atoms with Crippen LogP contribution in [0.5, 0.6) is 0 Å². The molecule has 2 rings (SSSR count). The second-order valence-electron chi connectivity index (χ2n) is 1.76. The highest BCUT2D eigenvalue weighted by Gasteiger charge is 2.03. The van der Waals surface area contributed by atoms with Gasteiger partial charge in [-0.2, -0.15) is 0 Å². The summed E-state index contributed by atoms with van der Waals surface area (Å²) >= 11 is 1.50. The summed E-state index contributed by atoms with van der Waals surface area (Å²) in [6.07, 6.45) is 3.55. The molecule has 0 saturated carbocycles. The van der Waals surface area contributed by atoms with Crippen LogP contribution in [0.1, 0.15) is 5.69 Å². The molecule has 1 N–H and O–H groups in total. The van der Waals surface area contributed by atoms with Gasteiger partial charge in [0.25, 0.3) is 0 Å². The van der Waals surface area contributed by atoms with Gasteiger partial charge in [-0.25, -0.2) is 0 Å². The van der Waals surface area contributed by atoms with Crippen LogP contribution in [0.4, 0.5) is 5.69 Å². The van der Waals surface area contributed by atoms with Gasteiger partial charge in [-0.15, -0.1) is 10.2 Å². The van der Waals surface area contributed by atoms with Gasteiger partial charge in [0, 0.05) is 0 Å². The average molecular weight is 152 g/mol. The van der Waals surface area contributed by atoms with Gasteiger partial charge in [-0.1, -0.05) is 0 Å². The maximum atomic E-state index is 3.80. The first-order chi connectivity index (χ1) is 4.97. The van der Waals surface area contributed by atoms with Crippen molar-refractivity contribution >= 4 is 23.7 Å². The minimum absolute atomic E-state index is 0.841. The topological polar surface area (TPSA) is 50.7 Å². The molecule has 1 aromatic rings. The Labute approximate surface area is 61.9 Å². The van der Waals surface area contributed by atoms with Gasteiger partial charge >= 0.3 is 0 Å². The van der Waals surface area contributed by atoms with Gasteiger partial charge in [0.05, 0.1) is 11.9 Å². The minimum Gasteiger partial charge on any atom is -0.323 e. The highest BCUT2D eigenvalue weighted by atomic mass is 32.2. The summed E-state index contributed by atoms with van der Waals surface area (Å²) in [4.78, 5) is 0. The molecule has 4 nitrogen and oxygen atoms in total. The zero-order valence-corrected chi connectivity index (χ0v) is 5.80. The number of aromatic nitrogens is 3. The molecule has 0 spiro atoms. The van der Waals surface area contributed by atoms with Crippen molar-refractivity contribution in [2.24, 2.45) is 0 Å². The number of hydrogen-bond donors (Lipinski definition) is 1. The summed E-state index contributed by atoms with van der Waals surface area (Å²) in [6.45, 7) is 0. The molecule has 5 heteroatoms. The summed E-state index contributed by atoms with van der Waals surface area (Å²) in [6, 6.07) is 0. The van der Waals surface area contributed by atoms with Crippen LogP contribution in [-0.2, 0) is 0 Å². The first-order valence-corrected chi connectivity index (χ1v) is 3.61. The van der Waals surface area contributed by atoms with E-state index >= 15 is 0 Å². The third-order valence-electron chi connectivity index (χ3n) is 1.13. The van der Waals surface area contributed by atoms with E-state index in [9.17, 15) is 0 Å². The van der Waals surface area contributed by atoms with Crippen molar-refractivity contribution in [3.05, 3.63) is 17.3 Å². The van der Waals surface area contributed by atoms with E-state index in [0.717, 1.165) is 11.4 Å². The fraction of sp³-hybridized carbons (Fsp3) is 0. The lowest BCUT2D eigenvalue weighted by Crippen LogP contribution is -1.98. The van der Waals surface area contributed by atoms with E-state index in [-0.39, 0.29) is 0 Å². The maximum Gasteiger partial charge on any atom is 0.114 e. The molecule has 0 atom stereocenters. The lowest BCUT2D eigenvalue weighted by molar-refractivity contribution is 0.861. The quantitative estimate of drug-likeness (QED) is 0.560. The predicted molar refractivity (Wildman–Crippen MR) is 40.1 cm³/mol. The van der Waals surface area contributed by atoms with Crippen molar-refractivity contribution in [2.45, 2.75) is 0 Å². The van der Waals surface area contributed by atoms with Gasteiger partial charge in [0.2, 0.25) is 0 Å². The number of fused-ring (bicyclic) bond motifs is 1. The number of rotatable bonds is 0. The van der Waals surface area contributed by atoms with E-state index in [0.29, 0.717) is 0 Å². The standard InChI is InChI=1S/C5H4N4S/c1-2-10-8-5-3-6-9-7-4(1)5/h1-3,8H. The van der Waals surface area contributed by atoms with E-state index in [2.05, 4.69) is 20.1 Å². The molecule has 1 aromatic heterocycles. The monoisotopic (exact) mass is 152 g/mol. The first-order valence-electron chi connectivity index (χ1n) is 2.73. The molecule has 10 heavy (non-hydrogen) atoms. The highest BCUT2D eigenvalue weighted by molar-refractivity contribution is 8.03. The Morgan fingerprint density at radius 3 is 3.40 bits per heavy atom. The Bertz CT molecular complexity index is 272. The molecule has 0 aromatic carbocycles. The molecular weight excluding hydrogens is 148 g/mol. The first kappa shape index (κ1) is 5.67. The fourth-order valence-electron chi connectivity index (χ4n) is 0.675. The van der Waals surface area contributed by atoms with Crippen LogP contribution < -0.4 is 4.72 Å². The van der Waals surface area contributed by atoms with E-state index in [4.69, 9.17) is 0 Å². The molecule has 1 aliphatic rings. The van der Waals surface area contributed by atoms with Crippen LogP contribution >= 0.6 is 11.9 Å². The van der Waals surface area contributed by atoms with Crippen LogP contribution in [0.15, 0.2) is 11.6 Å². The zero-order chi connectivity index (χ0) is 6.81. The Morgan fingerprint density at radius 2 is 2.50 bits per heavy atom. The Balaban J connectivity index is 2.54. The number of nitrogens with one attached hydrogen (secondary N) is 1. The van der Waals surface area contributed by atoms with Crippen molar-refractivity contribution in [3.63, 3.8) is 0 Å². The van der Waals surface area contributed by atoms with Crippen LogP contribution in [0.2, 0.25) is 0 Å². The van der Waals surface area contributed by atoms with E-state index in [1.54, 1.807) is 6.20 Å². The highest BCUT2D eigenvalue weighted by Crippen LogP contribution is 2.22. The minimum atomic E-state index is 0.841. The summed E-state index contributed by atoms with van der Waals surface area (Å²) in [5.41, 5.74) is 1.76. The summed E-state index contributed by atoms with van der Waals surface area (Å²) in [7, 11) is 0. The molecule has 2 heterocycles. The normalized spacial score (nSPS) is 14.0. The molecule has 50 valence electrons. The van der Waals surface area contributed by atoms with Crippen LogP contribution in [0.25, 0.3) is 6.08 Å². The number of anilines is 1. The van der Waals surface area contributed by atoms with Crippen LogP contribution in [0.3, 0.4) is 0 Å². The summed E-state index contributed by atoms with van der Waals surface area (Å²) in [5.74, 6) is 0. The van der Waals surface area contributed by atoms with Gasteiger partial charge in [0.15, 0.2) is 0 Å². The molecule has 0 amide bonds. The molecule has 0 fully saturated rings. The molecular formula is C5H4N4S. The lowest BCUT2D eigenvalue weighted by Gasteiger charge is -2.06. The third kappa shape index (κ3) is 0.841. The van der Waals surface area contributed by atoms with Crippen LogP contribution in [-0.4, -0.2) is 15.4 Å². The smallest absolute Gasteiger partial charge is 0.114 e. The Morgan fingerprint density at radius 1 is 1.50 bits per heavy atom. The van der Waals surface area contributed by atoms with Crippen LogP contribution in [0, 0.1) is 0 Å². The second-order valence-corrected chi connectivity index (χ2v) is 2.47. The van der Waals surface area contributed by atoms with E-state index < -0.39 is 0 Å². The Hall–Kier alpha value is -1.10. The number of nitrogens with zero attached hydrogens (tertiary/aromatic N) is 3. The van der Waals surface area contributed by atoms with Crippen molar-refractivity contribution < 1.29 is 0 Å². The summed E-state index contributed by atoms with van der Waals surface area (Å²) in [5, 5.41) is 12.8. The molecule has 0 aliphatic carbocycles. The second kappa shape index (κ2) is 2.26. The third-order valence-corrected chi connectivity index (χ3v) is 1.74. The average Bonchev–Trinajstić information content (AvgIpc) is 2.05. The molecule has 0 unspecified atom stereocenters. The molecule has 0 bridgehead atoms. The largest absolute Gasteiger partial charge is 0.323 e. The van der Waals surface area contributed by atoms with Crippen molar-refractivity contribution in [3.8, 4) is 0 Å². The van der Waals surface area contributed by atoms with Gasteiger partial charge in [-0.3, -0.25) is 0 Å².